The molecule has 0 bridgehead atoms. The molecule has 3 aromatic heterocycles. The molecule has 0 spiro atoms. The average molecular weight is 550 g/mol. The summed E-state index contributed by atoms with van der Waals surface area (Å²) in [5.41, 5.74) is 1.62. The highest BCUT2D eigenvalue weighted by atomic mass is 16.6. The Morgan fingerprint density at radius 1 is 1.15 bits per heavy atom. The lowest BCUT2D eigenvalue weighted by molar-refractivity contribution is 0.00736. The van der Waals surface area contributed by atoms with Crippen LogP contribution in [0.15, 0.2) is 47.8 Å². The highest BCUT2D eigenvalue weighted by molar-refractivity contribution is 5.69. The number of piperidine rings is 1. The van der Waals surface area contributed by atoms with Gasteiger partial charge >= 0.3 is 6.09 Å². The molecule has 11 nitrogen and oxygen atoms in total. The maximum absolute atomic E-state index is 13.2. The molecule has 214 valence electrons. The first-order chi connectivity index (χ1) is 19.2. The smallest absolute Gasteiger partial charge is 0.410 e. The third-order valence-corrected chi connectivity index (χ3v) is 7.57. The Balaban J connectivity index is 1.27. The van der Waals surface area contributed by atoms with Crippen LogP contribution in [0.5, 0.6) is 5.75 Å². The van der Waals surface area contributed by atoms with Crippen LogP contribution >= 0.6 is 0 Å². The van der Waals surface area contributed by atoms with Gasteiger partial charge in [-0.3, -0.25) is 14.3 Å². The minimum Gasteiger partial charge on any atom is -0.495 e. The summed E-state index contributed by atoms with van der Waals surface area (Å²) < 4.78 is 14.2. The Labute approximate surface area is 234 Å². The maximum atomic E-state index is 13.2. The molecule has 11 heteroatoms. The summed E-state index contributed by atoms with van der Waals surface area (Å²) in [5.74, 6) is 1.18. The van der Waals surface area contributed by atoms with E-state index in [0.29, 0.717) is 23.9 Å². The molecule has 1 saturated heterocycles. The van der Waals surface area contributed by atoms with Gasteiger partial charge in [-0.15, -0.1) is 5.10 Å². The molecule has 4 heterocycles. The number of aromatic nitrogens is 5. The van der Waals surface area contributed by atoms with E-state index in [1.165, 1.54) is 6.42 Å². The van der Waals surface area contributed by atoms with Crippen molar-refractivity contribution in [3.63, 3.8) is 0 Å². The SMILES string of the molecule is COc1cncc(-c2cn(Cn3ccc(N4CCC[C@@H](N(CC5CCC5)C(=O)OC(C)(C)C)C4)cc3=O)nn2)c1. The van der Waals surface area contributed by atoms with Gasteiger partial charge in [0.2, 0.25) is 0 Å². The van der Waals surface area contributed by atoms with Crippen LogP contribution < -0.4 is 15.2 Å². The number of carbonyl (C=O) groups excluding carboxylic acids is 1. The van der Waals surface area contributed by atoms with E-state index < -0.39 is 5.60 Å². The van der Waals surface area contributed by atoms with E-state index in [1.54, 1.807) is 47.2 Å². The van der Waals surface area contributed by atoms with Crippen LogP contribution in [0, 0.1) is 5.92 Å². The molecule has 1 aliphatic carbocycles. The molecule has 2 fully saturated rings. The van der Waals surface area contributed by atoms with Crippen molar-refractivity contribution >= 4 is 11.8 Å². The minimum atomic E-state index is -0.538. The molecule has 2 aliphatic rings. The van der Waals surface area contributed by atoms with Gasteiger partial charge in [-0.25, -0.2) is 9.48 Å². The van der Waals surface area contributed by atoms with Gasteiger partial charge in [0.05, 0.1) is 25.5 Å². The van der Waals surface area contributed by atoms with Gasteiger partial charge in [0, 0.05) is 49.3 Å². The molecule has 1 amide bonds. The van der Waals surface area contributed by atoms with Gasteiger partial charge in [0.15, 0.2) is 0 Å². The fourth-order valence-corrected chi connectivity index (χ4v) is 5.23. The lowest BCUT2D eigenvalue weighted by atomic mass is 9.84. The van der Waals surface area contributed by atoms with Crippen LogP contribution in [0.1, 0.15) is 52.9 Å². The van der Waals surface area contributed by atoms with E-state index in [1.807, 2.05) is 37.8 Å². The van der Waals surface area contributed by atoms with Crippen molar-refractivity contribution in [3.8, 4) is 17.0 Å². The first-order valence-electron chi connectivity index (χ1n) is 14.0. The number of anilines is 1. The van der Waals surface area contributed by atoms with E-state index in [-0.39, 0.29) is 24.4 Å². The molecule has 40 heavy (non-hydrogen) atoms. The normalized spacial score (nSPS) is 17.8. The monoisotopic (exact) mass is 549 g/mol. The van der Waals surface area contributed by atoms with Crippen molar-refractivity contribution in [2.75, 3.05) is 31.6 Å². The van der Waals surface area contributed by atoms with Crippen molar-refractivity contribution < 1.29 is 14.3 Å². The number of methoxy groups -OCH3 is 1. The Hall–Kier alpha value is -3.89. The number of hydrogen-bond donors (Lipinski definition) is 0. The molecular formula is C29H39N7O4. The summed E-state index contributed by atoms with van der Waals surface area (Å²) in [7, 11) is 1.59. The largest absolute Gasteiger partial charge is 0.495 e. The lowest BCUT2D eigenvalue weighted by Gasteiger charge is -2.43. The highest BCUT2D eigenvalue weighted by Gasteiger charge is 2.34. The van der Waals surface area contributed by atoms with Crippen LogP contribution in [0.25, 0.3) is 11.3 Å². The summed E-state index contributed by atoms with van der Waals surface area (Å²) >= 11 is 0. The zero-order valence-electron chi connectivity index (χ0n) is 23.8. The highest BCUT2D eigenvalue weighted by Crippen LogP contribution is 2.30. The summed E-state index contributed by atoms with van der Waals surface area (Å²) in [6, 6.07) is 5.50. The number of amides is 1. The van der Waals surface area contributed by atoms with E-state index in [0.717, 1.165) is 50.0 Å². The Morgan fingerprint density at radius 3 is 2.67 bits per heavy atom. The van der Waals surface area contributed by atoms with Crippen molar-refractivity contribution in [2.45, 2.75) is 71.2 Å². The van der Waals surface area contributed by atoms with Crippen molar-refractivity contribution in [1.82, 2.24) is 29.4 Å². The fraction of sp³-hybridized carbons (Fsp3) is 0.552. The molecule has 5 rings (SSSR count). The van der Waals surface area contributed by atoms with E-state index in [9.17, 15) is 9.59 Å². The number of pyridine rings is 2. The topological polar surface area (TPSA) is 108 Å². The predicted molar refractivity (Wildman–Crippen MR) is 151 cm³/mol. The minimum absolute atomic E-state index is 0.0475. The Bertz CT molecular complexity index is 1370. The molecule has 1 atom stereocenters. The van der Waals surface area contributed by atoms with Crippen LogP contribution in [-0.2, 0) is 11.4 Å². The number of carbonyl (C=O) groups is 1. The lowest BCUT2D eigenvalue weighted by Crippen LogP contribution is -2.53. The van der Waals surface area contributed by atoms with Crippen molar-refractivity contribution in [3.05, 3.63) is 53.3 Å². The van der Waals surface area contributed by atoms with E-state index in [2.05, 4.69) is 20.2 Å². The average Bonchev–Trinajstić information content (AvgIpc) is 3.37. The number of nitrogens with zero attached hydrogens (tertiary/aromatic N) is 7. The zero-order valence-corrected chi connectivity index (χ0v) is 23.8. The van der Waals surface area contributed by atoms with Crippen LogP contribution in [0.3, 0.4) is 0 Å². The van der Waals surface area contributed by atoms with Gasteiger partial charge in [-0.05, 0) is 64.5 Å². The van der Waals surface area contributed by atoms with Gasteiger partial charge in [0.1, 0.15) is 23.7 Å². The van der Waals surface area contributed by atoms with Crippen LogP contribution in [-0.4, -0.2) is 73.9 Å². The van der Waals surface area contributed by atoms with Crippen LogP contribution in [0.4, 0.5) is 10.5 Å². The second-order valence-electron chi connectivity index (χ2n) is 11.8. The summed E-state index contributed by atoms with van der Waals surface area (Å²) in [6.45, 7) is 8.21. The van der Waals surface area contributed by atoms with Crippen molar-refractivity contribution in [2.24, 2.45) is 5.92 Å². The molecule has 1 saturated carbocycles. The molecule has 3 aromatic rings. The molecule has 0 unspecified atom stereocenters. The number of rotatable bonds is 8. The predicted octanol–water partition coefficient (Wildman–Crippen LogP) is 4.02. The van der Waals surface area contributed by atoms with Gasteiger partial charge < -0.3 is 19.3 Å². The standard InChI is InChI=1S/C29H39N7O4/c1-29(2,3)40-28(38)36(17-21-7-5-8-21)24-9-6-11-33(18-24)23-10-12-34(27(37)14-23)20-35-19-26(31-32-35)22-13-25(39-4)16-30-15-22/h10,12-16,19,21,24H,5-9,11,17-18,20H2,1-4H3/t24-/m1/s1. The van der Waals surface area contributed by atoms with Gasteiger partial charge in [0.25, 0.3) is 5.56 Å². The summed E-state index contributed by atoms with van der Waals surface area (Å²) in [4.78, 5) is 34.6. The van der Waals surface area contributed by atoms with Crippen molar-refractivity contribution in [1.29, 1.82) is 0 Å². The number of hydrogen-bond acceptors (Lipinski definition) is 8. The molecular weight excluding hydrogens is 510 g/mol. The zero-order chi connectivity index (χ0) is 28.3. The van der Waals surface area contributed by atoms with Gasteiger partial charge in [-0.1, -0.05) is 11.6 Å². The molecule has 0 radical (unpaired) electrons. The Morgan fingerprint density at radius 2 is 1.98 bits per heavy atom. The fourth-order valence-electron chi connectivity index (χ4n) is 5.23. The molecule has 1 aliphatic heterocycles. The van der Waals surface area contributed by atoms with E-state index in [4.69, 9.17) is 9.47 Å². The second kappa shape index (κ2) is 11.7. The number of ether oxygens (including phenoxy) is 2. The van der Waals surface area contributed by atoms with E-state index >= 15 is 0 Å². The first kappa shape index (κ1) is 27.7. The quantitative estimate of drug-likeness (QED) is 0.415. The second-order valence-corrected chi connectivity index (χ2v) is 11.8. The molecule has 0 N–H and O–H groups in total. The maximum Gasteiger partial charge on any atom is 0.410 e. The Kier molecular flexibility index (Phi) is 8.09. The molecule has 0 aromatic carbocycles. The summed E-state index contributed by atoms with van der Waals surface area (Å²) in [5, 5.41) is 8.40. The summed E-state index contributed by atoms with van der Waals surface area (Å²) in [6.07, 6.45) is 12.1. The first-order valence-corrected chi connectivity index (χ1v) is 14.0. The van der Waals surface area contributed by atoms with Crippen LogP contribution in [0.2, 0.25) is 0 Å². The third-order valence-electron chi connectivity index (χ3n) is 7.57. The van der Waals surface area contributed by atoms with Gasteiger partial charge in [-0.2, -0.15) is 0 Å². The third kappa shape index (κ3) is 6.63.